The molecule has 0 aliphatic carbocycles. The standard InChI is InChI=1S/C23H38N6O9/c1-11(2)9-15(28-19(33)12(3)26-20(34)13(24)10-17(25)30)22(36)29-8-4-5-16(29)21(35)27-14(23(37)38)6-7-18(31)32/h11-16H,4-10,24H2,1-3H3,(H2,25,30)(H,26,34)(H,27,35)(H,28,33)(H,31,32)(H,37,38)/t12-,13-,14-,15-,16-/m0/s1. The van der Waals surface area contributed by atoms with Gasteiger partial charge < -0.3 is 42.5 Å². The Balaban J connectivity index is 2.94. The van der Waals surface area contributed by atoms with Crippen LogP contribution in [0.2, 0.25) is 0 Å². The van der Waals surface area contributed by atoms with E-state index < -0.39 is 84.5 Å². The van der Waals surface area contributed by atoms with Crippen molar-refractivity contribution in [3.8, 4) is 0 Å². The second-order valence-electron chi connectivity index (χ2n) is 9.72. The Labute approximate surface area is 220 Å². The van der Waals surface area contributed by atoms with Gasteiger partial charge in [-0.15, -0.1) is 0 Å². The molecule has 0 aromatic rings. The Morgan fingerprint density at radius 3 is 2.11 bits per heavy atom. The highest BCUT2D eigenvalue weighted by Gasteiger charge is 2.39. The summed E-state index contributed by atoms with van der Waals surface area (Å²) in [5, 5.41) is 25.4. The second-order valence-corrected chi connectivity index (χ2v) is 9.72. The molecule has 0 aromatic heterocycles. The van der Waals surface area contributed by atoms with Crippen LogP contribution in [-0.2, 0) is 33.6 Å². The molecule has 1 fully saturated rings. The van der Waals surface area contributed by atoms with Crippen LogP contribution in [0.1, 0.15) is 59.3 Å². The fourth-order valence-corrected chi connectivity index (χ4v) is 3.98. The summed E-state index contributed by atoms with van der Waals surface area (Å²) in [6.07, 6.45) is -0.261. The van der Waals surface area contributed by atoms with Crippen molar-refractivity contribution in [3.05, 3.63) is 0 Å². The number of carbonyl (C=O) groups is 7. The van der Waals surface area contributed by atoms with Crippen molar-refractivity contribution < 1.29 is 43.8 Å². The van der Waals surface area contributed by atoms with Gasteiger partial charge in [-0.2, -0.15) is 0 Å². The number of nitrogens with zero attached hydrogens (tertiary/aromatic N) is 1. The van der Waals surface area contributed by atoms with Gasteiger partial charge in [0.15, 0.2) is 0 Å². The Morgan fingerprint density at radius 2 is 1.58 bits per heavy atom. The van der Waals surface area contributed by atoms with Gasteiger partial charge >= 0.3 is 11.9 Å². The number of hydrogen-bond donors (Lipinski definition) is 7. The van der Waals surface area contributed by atoms with Gasteiger partial charge in [0.2, 0.25) is 29.5 Å². The van der Waals surface area contributed by atoms with Crippen molar-refractivity contribution in [1.82, 2.24) is 20.9 Å². The van der Waals surface area contributed by atoms with E-state index >= 15 is 0 Å². The lowest BCUT2D eigenvalue weighted by molar-refractivity contribution is -0.145. The molecule has 0 bridgehead atoms. The molecule has 15 nitrogen and oxygen atoms in total. The van der Waals surface area contributed by atoms with Crippen LogP contribution >= 0.6 is 0 Å². The van der Waals surface area contributed by atoms with Gasteiger partial charge in [-0.25, -0.2) is 4.79 Å². The van der Waals surface area contributed by atoms with Gasteiger partial charge in [-0.1, -0.05) is 13.8 Å². The van der Waals surface area contributed by atoms with Crippen molar-refractivity contribution in [3.63, 3.8) is 0 Å². The molecule has 38 heavy (non-hydrogen) atoms. The van der Waals surface area contributed by atoms with Gasteiger partial charge in [0.1, 0.15) is 24.2 Å². The maximum absolute atomic E-state index is 13.4. The van der Waals surface area contributed by atoms with E-state index in [4.69, 9.17) is 16.6 Å². The van der Waals surface area contributed by atoms with E-state index in [-0.39, 0.29) is 31.7 Å². The molecule has 1 rings (SSSR count). The van der Waals surface area contributed by atoms with Crippen LogP contribution in [-0.4, -0.2) is 93.3 Å². The molecule has 1 aliphatic rings. The fraction of sp³-hybridized carbons (Fsp3) is 0.696. The number of carboxylic acid groups (broad SMARTS) is 2. The largest absolute Gasteiger partial charge is 0.481 e. The van der Waals surface area contributed by atoms with Crippen LogP contribution in [0.5, 0.6) is 0 Å². The molecule has 0 aromatic carbocycles. The summed E-state index contributed by atoms with van der Waals surface area (Å²) in [5.41, 5.74) is 10.6. The van der Waals surface area contributed by atoms with Gasteiger partial charge in [0, 0.05) is 13.0 Å². The second kappa shape index (κ2) is 14.9. The normalized spacial score (nSPS) is 18.1. The van der Waals surface area contributed by atoms with E-state index in [0.717, 1.165) is 0 Å². The summed E-state index contributed by atoms with van der Waals surface area (Å²) in [4.78, 5) is 85.7. The lowest BCUT2D eigenvalue weighted by Gasteiger charge is -2.30. The molecule has 1 aliphatic heterocycles. The molecule has 0 radical (unpaired) electrons. The summed E-state index contributed by atoms with van der Waals surface area (Å²) >= 11 is 0. The number of rotatable bonds is 15. The predicted molar refractivity (Wildman–Crippen MR) is 132 cm³/mol. The average Bonchev–Trinajstić information content (AvgIpc) is 3.29. The minimum absolute atomic E-state index is 0.0413. The van der Waals surface area contributed by atoms with Crippen molar-refractivity contribution in [2.45, 2.75) is 89.5 Å². The molecule has 0 unspecified atom stereocenters. The van der Waals surface area contributed by atoms with Crippen molar-refractivity contribution in [2.24, 2.45) is 17.4 Å². The molecule has 5 amide bonds. The van der Waals surface area contributed by atoms with Gasteiger partial charge in [0.05, 0.1) is 12.5 Å². The van der Waals surface area contributed by atoms with E-state index in [0.29, 0.717) is 6.42 Å². The van der Waals surface area contributed by atoms with Crippen LogP contribution in [0.25, 0.3) is 0 Å². The lowest BCUT2D eigenvalue weighted by atomic mass is 10.0. The molecule has 15 heteroatoms. The van der Waals surface area contributed by atoms with Crippen molar-refractivity contribution in [2.75, 3.05) is 6.54 Å². The number of nitrogens with one attached hydrogen (secondary N) is 3. The highest BCUT2D eigenvalue weighted by molar-refractivity contribution is 5.96. The topological polar surface area (TPSA) is 251 Å². The zero-order chi connectivity index (χ0) is 29.2. The first kappa shape index (κ1) is 32.3. The van der Waals surface area contributed by atoms with Crippen molar-refractivity contribution in [1.29, 1.82) is 0 Å². The Hall–Kier alpha value is -3.75. The molecule has 0 spiro atoms. The molecule has 1 saturated heterocycles. The zero-order valence-electron chi connectivity index (χ0n) is 21.8. The molecular weight excluding hydrogens is 504 g/mol. The minimum atomic E-state index is -1.44. The quantitative estimate of drug-likeness (QED) is 0.116. The third-order valence-corrected chi connectivity index (χ3v) is 5.93. The number of likely N-dealkylation sites (tertiary alicyclic amines) is 1. The van der Waals surface area contributed by atoms with Crippen LogP contribution < -0.4 is 27.4 Å². The van der Waals surface area contributed by atoms with Crippen molar-refractivity contribution >= 4 is 41.5 Å². The van der Waals surface area contributed by atoms with E-state index in [9.17, 15) is 38.7 Å². The summed E-state index contributed by atoms with van der Waals surface area (Å²) < 4.78 is 0. The minimum Gasteiger partial charge on any atom is -0.481 e. The SMILES string of the molecule is CC(C)C[C@H](NC(=O)[C@H](C)NC(=O)[C@@H](N)CC(N)=O)C(=O)N1CCC[C@H]1C(=O)N[C@@H](CCC(=O)O)C(=O)O. The fourth-order valence-electron chi connectivity index (χ4n) is 3.98. The van der Waals surface area contributed by atoms with Gasteiger partial charge in [-0.3, -0.25) is 28.8 Å². The highest BCUT2D eigenvalue weighted by atomic mass is 16.4. The highest BCUT2D eigenvalue weighted by Crippen LogP contribution is 2.21. The monoisotopic (exact) mass is 542 g/mol. The molecule has 5 atom stereocenters. The molecule has 9 N–H and O–H groups in total. The predicted octanol–water partition coefficient (Wildman–Crippen LogP) is -2.35. The van der Waals surface area contributed by atoms with E-state index in [1.54, 1.807) is 0 Å². The summed E-state index contributed by atoms with van der Waals surface area (Å²) in [5.74, 6) is -6.18. The maximum Gasteiger partial charge on any atom is 0.326 e. The van der Waals surface area contributed by atoms with Crippen LogP contribution in [0.15, 0.2) is 0 Å². The van der Waals surface area contributed by atoms with Crippen LogP contribution in [0.3, 0.4) is 0 Å². The van der Waals surface area contributed by atoms with E-state index in [2.05, 4.69) is 16.0 Å². The summed E-state index contributed by atoms with van der Waals surface area (Å²) in [6, 6.07) is -5.83. The van der Waals surface area contributed by atoms with Crippen LogP contribution in [0, 0.1) is 5.92 Å². The number of hydrogen-bond acceptors (Lipinski definition) is 8. The number of carboxylic acids is 2. The zero-order valence-corrected chi connectivity index (χ0v) is 21.8. The number of amides is 5. The Bertz CT molecular complexity index is 925. The third-order valence-electron chi connectivity index (χ3n) is 5.93. The Morgan fingerprint density at radius 1 is 0.947 bits per heavy atom. The Kier molecular flexibility index (Phi) is 12.6. The first-order chi connectivity index (χ1) is 17.6. The molecular formula is C23H38N6O9. The number of primary amides is 1. The van der Waals surface area contributed by atoms with Crippen LogP contribution in [0.4, 0.5) is 0 Å². The lowest BCUT2D eigenvalue weighted by Crippen LogP contribution is -2.58. The number of aliphatic carboxylic acids is 2. The average molecular weight is 543 g/mol. The number of carbonyl (C=O) groups excluding carboxylic acids is 5. The first-order valence-electron chi connectivity index (χ1n) is 12.3. The van der Waals surface area contributed by atoms with Gasteiger partial charge in [-0.05, 0) is 38.5 Å². The molecule has 214 valence electrons. The molecule has 1 heterocycles. The van der Waals surface area contributed by atoms with E-state index in [1.807, 2.05) is 13.8 Å². The van der Waals surface area contributed by atoms with E-state index in [1.165, 1.54) is 11.8 Å². The number of nitrogens with two attached hydrogens (primary N) is 2. The summed E-state index contributed by atoms with van der Waals surface area (Å²) in [6.45, 7) is 5.22. The smallest absolute Gasteiger partial charge is 0.326 e. The van der Waals surface area contributed by atoms with Gasteiger partial charge in [0.25, 0.3) is 0 Å². The third kappa shape index (κ3) is 10.3. The first-order valence-corrected chi connectivity index (χ1v) is 12.3. The maximum atomic E-state index is 13.4. The summed E-state index contributed by atoms with van der Waals surface area (Å²) in [7, 11) is 0. The molecule has 0 saturated carbocycles.